The summed E-state index contributed by atoms with van der Waals surface area (Å²) in [6.07, 6.45) is 3.10. The Morgan fingerprint density at radius 1 is 1.33 bits per heavy atom. The fourth-order valence-corrected chi connectivity index (χ4v) is 1.57. The van der Waals surface area contributed by atoms with Crippen molar-refractivity contribution >= 4 is 6.09 Å². The molecule has 0 saturated heterocycles. The predicted molar refractivity (Wildman–Crippen MR) is 61.4 cm³/mol. The monoisotopic (exact) mass is 216 g/mol. The van der Waals surface area contributed by atoms with Gasteiger partial charge in [-0.15, -0.1) is 0 Å². The number of hydrogen-bond donors (Lipinski definition) is 2. The molecule has 4 nitrogen and oxygen atoms in total. The number of nitrogens with two attached hydrogens (primary N) is 2. The van der Waals surface area contributed by atoms with Gasteiger partial charge in [0.15, 0.2) is 0 Å². The van der Waals surface area contributed by atoms with E-state index in [2.05, 4.69) is 25.5 Å². The lowest BCUT2D eigenvalue weighted by molar-refractivity contribution is 0.154. The number of primary amides is 1. The van der Waals surface area contributed by atoms with Crippen LogP contribution in [0.5, 0.6) is 0 Å². The summed E-state index contributed by atoms with van der Waals surface area (Å²) in [4.78, 5) is 10.3. The fourth-order valence-electron chi connectivity index (χ4n) is 1.57. The summed E-state index contributed by atoms with van der Waals surface area (Å²) in [6, 6.07) is 0.235. The molecule has 4 heteroatoms. The Kier molecular flexibility index (Phi) is 6.32. The van der Waals surface area contributed by atoms with E-state index in [0.29, 0.717) is 6.61 Å². The summed E-state index contributed by atoms with van der Waals surface area (Å²) in [7, 11) is 0. The fraction of sp³-hybridized carbons (Fsp3) is 0.909. The van der Waals surface area contributed by atoms with Crippen molar-refractivity contribution in [2.45, 2.75) is 52.5 Å². The van der Waals surface area contributed by atoms with E-state index in [9.17, 15) is 4.79 Å². The average Bonchev–Trinajstić information content (AvgIpc) is 1.99. The van der Waals surface area contributed by atoms with Crippen LogP contribution in [0.4, 0.5) is 4.79 Å². The number of rotatable bonds is 6. The van der Waals surface area contributed by atoms with Crippen molar-refractivity contribution in [2.75, 3.05) is 6.61 Å². The average molecular weight is 216 g/mol. The molecule has 0 aliphatic rings. The molecule has 1 unspecified atom stereocenters. The van der Waals surface area contributed by atoms with Crippen LogP contribution in [0.25, 0.3) is 0 Å². The first-order valence-corrected chi connectivity index (χ1v) is 5.49. The quantitative estimate of drug-likeness (QED) is 0.667. The van der Waals surface area contributed by atoms with E-state index in [1.165, 1.54) is 0 Å². The van der Waals surface area contributed by atoms with Gasteiger partial charge in [0, 0.05) is 6.04 Å². The largest absolute Gasteiger partial charge is 0.450 e. The zero-order chi connectivity index (χ0) is 11.9. The maximum atomic E-state index is 10.3. The Labute approximate surface area is 92.3 Å². The molecule has 0 radical (unpaired) electrons. The van der Waals surface area contributed by atoms with Gasteiger partial charge in [0.2, 0.25) is 0 Å². The molecule has 15 heavy (non-hydrogen) atoms. The van der Waals surface area contributed by atoms with Crippen molar-refractivity contribution in [3.05, 3.63) is 0 Å². The third-order valence-electron chi connectivity index (χ3n) is 2.09. The summed E-state index contributed by atoms with van der Waals surface area (Å²) in [5.74, 6) is 0. The molecule has 0 saturated carbocycles. The number of carbonyl (C=O) groups is 1. The molecule has 0 aromatic carbocycles. The number of ether oxygens (including phenoxy) is 1. The minimum absolute atomic E-state index is 0.235. The lowest BCUT2D eigenvalue weighted by Crippen LogP contribution is -2.26. The van der Waals surface area contributed by atoms with Crippen molar-refractivity contribution < 1.29 is 9.53 Å². The number of amides is 1. The highest BCUT2D eigenvalue weighted by Gasteiger charge is 2.14. The number of hydrogen-bond acceptors (Lipinski definition) is 3. The SMILES string of the molecule is CC(C)(C)CC(N)CCCCOC(N)=O. The standard InChI is InChI=1S/C11H24N2O2/c1-11(2,3)8-9(12)6-4-5-7-15-10(13)14/h9H,4-8,12H2,1-3H3,(H2,13,14). The van der Waals surface area contributed by atoms with E-state index in [1.54, 1.807) is 0 Å². The zero-order valence-electron chi connectivity index (χ0n) is 10.1. The molecule has 0 rings (SSSR count). The molecule has 0 aromatic heterocycles. The van der Waals surface area contributed by atoms with E-state index >= 15 is 0 Å². The molecule has 0 spiro atoms. The summed E-state index contributed by atoms with van der Waals surface area (Å²) < 4.78 is 4.62. The van der Waals surface area contributed by atoms with Crippen molar-refractivity contribution in [3.8, 4) is 0 Å². The Morgan fingerprint density at radius 3 is 2.40 bits per heavy atom. The maximum absolute atomic E-state index is 10.3. The summed E-state index contributed by atoms with van der Waals surface area (Å²) in [5, 5.41) is 0. The molecule has 0 heterocycles. The normalized spacial score (nSPS) is 13.6. The smallest absolute Gasteiger partial charge is 0.404 e. The van der Waals surface area contributed by atoms with Crippen LogP contribution in [-0.2, 0) is 4.74 Å². The van der Waals surface area contributed by atoms with Crippen LogP contribution in [0.2, 0.25) is 0 Å². The Morgan fingerprint density at radius 2 is 1.93 bits per heavy atom. The van der Waals surface area contributed by atoms with Gasteiger partial charge in [0.25, 0.3) is 0 Å². The van der Waals surface area contributed by atoms with Crippen molar-refractivity contribution in [2.24, 2.45) is 16.9 Å². The van der Waals surface area contributed by atoms with E-state index in [1.807, 2.05) is 0 Å². The lowest BCUT2D eigenvalue weighted by atomic mass is 9.87. The van der Waals surface area contributed by atoms with Gasteiger partial charge >= 0.3 is 6.09 Å². The predicted octanol–water partition coefficient (Wildman–Crippen LogP) is 2.02. The second kappa shape index (κ2) is 6.67. The van der Waals surface area contributed by atoms with Gasteiger partial charge < -0.3 is 16.2 Å². The summed E-state index contributed by atoms with van der Waals surface area (Å²) >= 11 is 0. The van der Waals surface area contributed by atoms with E-state index in [4.69, 9.17) is 11.5 Å². The molecule has 1 atom stereocenters. The van der Waals surface area contributed by atoms with Gasteiger partial charge in [-0.25, -0.2) is 4.79 Å². The van der Waals surface area contributed by atoms with Gasteiger partial charge in [-0.05, 0) is 31.1 Å². The number of carbonyl (C=O) groups excluding carboxylic acids is 1. The van der Waals surface area contributed by atoms with Crippen LogP contribution in [-0.4, -0.2) is 18.7 Å². The molecule has 0 fully saturated rings. The Balaban J connectivity index is 3.39. The van der Waals surface area contributed by atoms with E-state index in [0.717, 1.165) is 25.7 Å². The second-order valence-electron chi connectivity index (χ2n) is 5.19. The van der Waals surface area contributed by atoms with Gasteiger partial charge in [0.1, 0.15) is 0 Å². The van der Waals surface area contributed by atoms with Crippen molar-refractivity contribution in [3.63, 3.8) is 0 Å². The van der Waals surface area contributed by atoms with E-state index < -0.39 is 6.09 Å². The highest BCUT2D eigenvalue weighted by molar-refractivity contribution is 5.64. The molecular formula is C11H24N2O2. The molecule has 0 aromatic rings. The Hall–Kier alpha value is -0.770. The minimum atomic E-state index is -0.700. The topological polar surface area (TPSA) is 78.3 Å². The van der Waals surface area contributed by atoms with Gasteiger partial charge in [-0.3, -0.25) is 0 Å². The molecule has 90 valence electrons. The van der Waals surface area contributed by atoms with Gasteiger partial charge in [-0.1, -0.05) is 20.8 Å². The highest BCUT2D eigenvalue weighted by Crippen LogP contribution is 2.21. The lowest BCUT2D eigenvalue weighted by Gasteiger charge is -2.22. The van der Waals surface area contributed by atoms with Crippen molar-refractivity contribution in [1.29, 1.82) is 0 Å². The third kappa shape index (κ3) is 11.2. The molecular weight excluding hydrogens is 192 g/mol. The van der Waals surface area contributed by atoms with Gasteiger partial charge in [-0.2, -0.15) is 0 Å². The van der Waals surface area contributed by atoms with Crippen LogP contribution in [0.1, 0.15) is 46.5 Å². The summed E-state index contributed by atoms with van der Waals surface area (Å²) in [5.41, 5.74) is 11.1. The van der Waals surface area contributed by atoms with Crippen LogP contribution < -0.4 is 11.5 Å². The van der Waals surface area contributed by atoms with E-state index in [-0.39, 0.29) is 11.5 Å². The molecule has 0 aliphatic carbocycles. The maximum Gasteiger partial charge on any atom is 0.404 e. The first-order chi connectivity index (χ1) is 6.81. The summed E-state index contributed by atoms with van der Waals surface area (Å²) in [6.45, 7) is 6.95. The molecule has 4 N–H and O–H groups in total. The molecule has 0 aliphatic heterocycles. The Bertz CT molecular complexity index is 188. The van der Waals surface area contributed by atoms with Crippen molar-refractivity contribution in [1.82, 2.24) is 0 Å². The number of unbranched alkanes of at least 4 members (excludes halogenated alkanes) is 1. The zero-order valence-corrected chi connectivity index (χ0v) is 10.1. The van der Waals surface area contributed by atoms with Crippen LogP contribution in [0, 0.1) is 5.41 Å². The highest BCUT2D eigenvalue weighted by atomic mass is 16.5. The molecule has 0 bridgehead atoms. The van der Waals surface area contributed by atoms with Crippen LogP contribution in [0.3, 0.4) is 0 Å². The van der Waals surface area contributed by atoms with Gasteiger partial charge in [0.05, 0.1) is 6.61 Å². The van der Waals surface area contributed by atoms with Crippen LogP contribution in [0.15, 0.2) is 0 Å². The second-order valence-corrected chi connectivity index (χ2v) is 5.19. The first kappa shape index (κ1) is 14.2. The van der Waals surface area contributed by atoms with Crippen LogP contribution >= 0.6 is 0 Å². The molecule has 1 amide bonds. The first-order valence-electron chi connectivity index (χ1n) is 5.49. The third-order valence-corrected chi connectivity index (χ3v) is 2.09. The minimum Gasteiger partial charge on any atom is -0.450 e.